The fraction of sp³-hybridized carbons (Fsp3) is 0.500. The number of pyridine rings is 1. The first-order valence-corrected chi connectivity index (χ1v) is 7.78. The molecule has 104 valence electrons. The van der Waals surface area contributed by atoms with Gasteiger partial charge in [-0.05, 0) is 25.6 Å². The minimum absolute atomic E-state index is 0.0194. The Kier molecular flexibility index (Phi) is 3.86. The summed E-state index contributed by atoms with van der Waals surface area (Å²) < 4.78 is 22.8. The molecule has 19 heavy (non-hydrogen) atoms. The van der Waals surface area contributed by atoms with Crippen molar-refractivity contribution in [1.82, 2.24) is 9.88 Å². The Morgan fingerprint density at radius 1 is 1.53 bits per heavy atom. The lowest BCUT2D eigenvalue weighted by Gasteiger charge is -2.22. The zero-order valence-electron chi connectivity index (χ0n) is 10.6. The number of hydrogen-bond donors (Lipinski definition) is 1. The molecular formula is C12H16N2O4S. The van der Waals surface area contributed by atoms with Crippen molar-refractivity contribution in [3.63, 3.8) is 0 Å². The van der Waals surface area contributed by atoms with E-state index in [1.54, 1.807) is 6.07 Å². The molecule has 1 N–H and O–H groups in total. The third kappa shape index (κ3) is 3.51. The fourth-order valence-electron chi connectivity index (χ4n) is 2.15. The van der Waals surface area contributed by atoms with Crippen molar-refractivity contribution in [3.05, 3.63) is 29.6 Å². The summed E-state index contributed by atoms with van der Waals surface area (Å²) in [6, 6.07) is 3.18. The molecular weight excluding hydrogens is 268 g/mol. The Bertz CT molecular complexity index is 568. The molecule has 0 radical (unpaired) electrons. The molecule has 1 aliphatic rings. The first kappa shape index (κ1) is 14.0. The molecule has 2 rings (SSSR count). The van der Waals surface area contributed by atoms with Crippen LogP contribution < -0.4 is 0 Å². The molecule has 2 heterocycles. The summed E-state index contributed by atoms with van der Waals surface area (Å²) in [7, 11) is -1.03. The number of aromatic carboxylic acids is 1. The second kappa shape index (κ2) is 5.26. The molecule has 6 nitrogen and oxygen atoms in total. The number of hydrogen-bond acceptors (Lipinski definition) is 5. The highest BCUT2D eigenvalue weighted by molar-refractivity contribution is 7.91. The van der Waals surface area contributed by atoms with Crippen molar-refractivity contribution in [1.29, 1.82) is 0 Å². The molecule has 1 saturated heterocycles. The van der Waals surface area contributed by atoms with E-state index in [0.717, 1.165) is 5.69 Å². The Balaban J connectivity index is 1.99. The van der Waals surface area contributed by atoms with Gasteiger partial charge in [-0.25, -0.2) is 13.2 Å². The van der Waals surface area contributed by atoms with E-state index < -0.39 is 15.8 Å². The molecule has 1 fully saturated rings. The standard InChI is InChI=1S/C12H16N2O4S/c1-14(11-4-5-19(17,18)8-11)7-10-3-2-9(6-13-10)12(15)16/h2-3,6,11H,4-5,7-8H2,1H3,(H,15,16). The van der Waals surface area contributed by atoms with Crippen LogP contribution >= 0.6 is 0 Å². The van der Waals surface area contributed by atoms with Gasteiger partial charge in [0.1, 0.15) is 0 Å². The van der Waals surface area contributed by atoms with Gasteiger partial charge in [-0.15, -0.1) is 0 Å². The fourth-order valence-corrected chi connectivity index (χ4v) is 3.96. The second-order valence-electron chi connectivity index (χ2n) is 4.82. The van der Waals surface area contributed by atoms with Gasteiger partial charge in [-0.1, -0.05) is 0 Å². The monoisotopic (exact) mass is 284 g/mol. The highest BCUT2D eigenvalue weighted by Gasteiger charge is 2.30. The third-order valence-corrected chi connectivity index (χ3v) is 5.07. The molecule has 1 aromatic rings. The van der Waals surface area contributed by atoms with Crippen LogP contribution in [0.5, 0.6) is 0 Å². The summed E-state index contributed by atoms with van der Waals surface area (Å²) in [6.45, 7) is 0.514. The molecule has 0 bridgehead atoms. The van der Waals surface area contributed by atoms with Gasteiger partial charge in [0, 0.05) is 18.8 Å². The maximum Gasteiger partial charge on any atom is 0.337 e. The molecule has 1 unspecified atom stereocenters. The Hall–Kier alpha value is -1.47. The van der Waals surface area contributed by atoms with Gasteiger partial charge in [0.05, 0.1) is 22.8 Å². The van der Waals surface area contributed by atoms with Crippen LogP contribution in [-0.4, -0.2) is 54.0 Å². The van der Waals surface area contributed by atoms with Crippen LogP contribution in [0.3, 0.4) is 0 Å². The van der Waals surface area contributed by atoms with Gasteiger partial charge in [0.25, 0.3) is 0 Å². The van der Waals surface area contributed by atoms with Crippen LogP contribution in [-0.2, 0) is 16.4 Å². The van der Waals surface area contributed by atoms with Crippen LogP contribution in [0.2, 0.25) is 0 Å². The molecule has 0 saturated carbocycles. The summed E-state index contributed by atoms with van der Waals surface area (Å²) >= 11 is 0. The minimum Gasteiger partial charge on any atom is -0.478 e. The zero-order valence-corrected chi connectivity index (χ0v) is 11.4. The first-order valence-electron chi connectivity index (χ1n) is 5.96. The second-order valence-corrected chi connectivity index (χ2v) is 7.04. The van der Waals surface area contributed by atoms with Crippen molar-refractivity contribution >= 4 is 15.8 Å². The maximum atomic E-state index is 11.4. The average Bonchev–Trinajstić information content (AvgIpc) is 2.70. The van der Waals surface area contributed by atoms with Gasteiger partial charge in [0.15, 0.2) is 9.84 Å². The van der Waals surface area contributed by atoms with E-state index in [1.807, 2.05) is 11.9 Å². The molecule has 7 heteroatoms. The Labute approximate surface area is 112 Å². The normalized spacial score (nSPS) is 21.7. The lowest BCUT2D eigenvalue weighted by atomic mass is 10.2. The first-order chi connectivity index (χ1) is 8.87. The number of carbonyl (C=O) groups is 1. The molecule has 1 aliphatic heterocycles. The maximum absolute atomic E-state index is 11.4. The lowest BCUT2D eigenvalue weighted by Crippen LogP contribution is -2.32. The smallest absolute Gasteiger partial charge is 0.337 e. The van der Waals surface area contributed by atoms with Crippen molar-refractivity contribution in [2.24, 2.45) is 0 Å². The molecule has 0 spiro atoms. The van der Waals surface area contributed by atoms with E-state index in [9.17, 15) is 13.2 Å². The van der Waals surface area contributed by atoms with E-state index in [1.165, 1.54) is 12.3 Å². The average molecular weight is 284 g/mol. The Morgan fingerprint density at radius 2 is 2.26 bits per heavy atom. The largest absolute Gasteiger partial charge is 0.478 e. The SMILES string of the molecule is CN(Cc1ccc(C(=O)O)cn1)C1CCS(=O)(=O)C1. The Morgan fingerprint density at radius 3 is 2.74 bits per heavy atom. The summed E-state index contributed by atoms with van der Waals surface area (Å²) in [5.74, 6) is -0.571. The predicted octanol–water partition coefficient (Wildman–Crippen LogP) is 0.399. The zero-order chi connectivity index (χ0) is 14.0. The number of carboxylic acid groups (broad SMARTS) is 1. The number of carboxylic acids is 1. The summed E-state index contributed by atoms with van der Waals surface area (Å²) in [4.78, 5) is 16.7. The van der Waals surface area contributed by atoms with Crippen molar-refractivity contribution in [2.75, 3.05) is 18.6 Å². The molecule has 0 amide bonds. The van der Waals surface area contributed by atoms with Gasteiger partial charge in [-0.2, -0.15) is 0 Å². The summed E-state index contributed by atoms with van der Waals surface area (Å²) in [5.41, 5.74) is 0.881. The number of aromatic nitrogens is 1. The minimum atomic E-state index is -2.89. The van der Waals surface area contributed by atoms with E-state index in [2.05, 4.69) is 4.98 Å². The lowest BCUT2D eigenvalue weighted by molar-refractivity contribution is 0.0696. The highest BCUT2D eigenvalue weighted by Crippen LogP contribution is 2.18. The number of rotatable bonds is 4. The molecule has 0 aromatic carbocycles. The van der Waals surface area contributed by atoms with Crippen molar-refractivity contribution < 1.29 is 18.3 Å². The van der Waals surface area contributed by atoms with Crippen LogP contribution in [0.25, 0.3) is 0 Å². The molecule has 0 aliphatic carbocycles. The summed E-state index contributed by atoms with van der Waals surface area (Å²) in [6.07, 6.45) is 1.96. The van der Waals surface area contributed by atoms with Crippen LogP contribution in [0.4, 0.5) is 0 Å². The predicted molar refractivity (Wildman–Crippen MR) is 69.7 cm³/mol. The van der Waals surface area contributed by atoms with Gasteiger partial charge < -0.3 is 5.11 Å². The van der Waals surface area contributed by atoms with E-state index in [0.29, 0.717) is 13.0 Å². The highest BCUT2D eigenvalue weighted by atomic mass is 32.2. The van der Waals surface area contributed by atoms with Crippen LogP contribution in [0.1, 0.15) is 22.5 Å². The van der Waals surface area contributed by atoms with Crippen molar-refractivity contribution in [3.8, 4) is 0 Å². The molecule has 1 atom stereocenters. The van der Waals surface area contributed by atoms with Crippen molar-refractivity contribution in [2.45, 2.75) is 19.0 Å². The molecule has 1 aromatic heterocycles. The van der Waals surface area contributed by atoms with Gasteiger partial charge >= 0.3 is 5.97 Å². The van der Waals surface area contributed by atoms with E-state index in [-0.39, 0.29) is 23.1 Å². The van der Waals surface area contributed by atoms with Gasteiger partial charge in [-0.3, -0.25) is 9.88 Å². The van der Waals surface area contributed by atoms with Gasteiger partial charge in [0.2, 0.25) is 0 Å². The summed E-state index contributed by atoms with van der Waals surface area (Å²) in [5, 5.41) is 8.77. The topological polar surface area (TPSA) is 87.6 Å². The van der Waals surface area contributed by atoms with Crippen LogP contribution in [0.15, 0.2) is 18.3 Å². The van der Waals surface area contributed by atoms with Crippen LogP contribution in [0, 0.1) is 0 Å². The van der Waals surface area contributed by atoms with E-state index >= 15 is 0 Å². The third-order valence-electron chi connectivity index (χ3n) is 3.31. The number of nitrogens with zero attached hydrogens (tertiary/aromatic N) is 2. The van der Waals surface area contributed by atoms with E-state index in [4.69, 9.17) is 5.11 Å². The quantitative estimate of drug-likeness (QED) is 0.861. The number of sulfone groups is 1.